The Morgan fingerprint density at radius 3 is 1.90 bits per heavy atom. The quantitative estimate of drug-likeness (QED) is 0.378. The third kappa shape index (κ3) is 1.70. The fraction of sp³-hybridized carbons (Fsp3) is 0.667. The van der Waals surface area contributed by atoms with E-state index < -0.39 is 10.7 Å². The fourth-order valence-corrected chi connectivity index (χ4v) is 0.863. The number of hydrogen-bond donors (Lipinski definition) is 0. The van der Waals surface area contributed by atoms with Crippen molar-refractivity contribution in [1.82, 2.24) is 0 Å². The average molecular weight is 183 g/mol. The van der Waals surface area contributed by atoms with Crippen molar-refractivity contribution in [1.29, 1.82) is 0 Å². The first-order valence-corrected chi connectivity index (χ1v) is 3.63. The number of carbonyl (C=O) groups is 2. The summed E-state index contributed by atoms with van der Waals surface area (Å²) in [6.07, 6.45) is 0. The van der Waals surface area contributed by atoms with Crippen LogP contribution in [0.25, 0.3) is 0 Å². The van der Waals surface area contributed by atoms with Gasteiger partial charge in [0.25, 0.3) is 0 Å². The SMILES string of the molecule is CC(=O)C(C)(CCl)C(=O)Cl. The summed E-state index contributed by atoms with van der Waals surface area (Å²) in [6, 6.07) is 0. The van der Waals surface area contributed by atoms with Crippen LogP contribution >= 0.6 is 23.2 Å². The molecule has 0 aliphatic heterocycles. The van der Waals surface area contributed by atoms with Crippen molar-refractivity contribution in [2.75, 3.05) is 5.88 Å². The molecule has 4 heteroatoms. The van der Waals surface area contributed by atoms with Crippen LogP contribution in [0.2, 0.25) is 0 Å². The number of rotatable bonds is 3. The van der Waals surface area contributed by atoms with Crippen LogP contribution in [-0.4, -0.2) is 16.9 Å². The highest BCUT2D eigenvalue weighted by Crippen LogP contribution is 2.22. The molecule has 0 radical (unpaired) electrons. The van der Waals surface area contributed by atoms with Gasteiger partial charge in [0.2, 0.25) is 5.24 Å². The van der Waals surface area contributed by atoms with E-state index in [1.165, 1.54) is 13.8 Å². The van der Waals surface area contributed by atoms with E-state index in [9.17, 15) is 9.59 Å². The summed E-state index contributed by atoms with van der Waals surface area (Å²) in [5, 5.41) is -0.699. The van der Waals surface area contributed by atoms with Crippen LogP contribution in [0.3, 0.4) is 0 Å². The van der Waals surface area contributed by atoms with Gasteiger partial charge in [-0.05, 0) is 25.4 Å². The van der Waals surface area contributed by atoms with Crippen LogP contribution in [-0.2, 0) is 9.59 Å². The largest absolute Gasteiger partial charge is 0.299 e. The molecule has 1 atom stereocenters. The standard InChI is InChI=1S/C6H8Cl2O2/c1-4(9)6(2,3-7)5(8)10/h3H2,1-2H3. The van der Waals surface area contributed by atoms with E-state index >= 15 is 0 Å². The second-order valence-electron chi connectivity index (χ2n) is 2.30. The van der Waals surface area contributed by atoms with E-state index in [0.29, 0.717) is 0 Å². The predicted octanol–water partition coefficient (Wildman–Crippen LogP) is 1.59. The minimum absolute atomic E-state index is 0.0648. The van der Waals surface area contributed by atoms with Crippen LogP contribution < -0.4 is 0 Å². The van der Waals surface area contributed by atoms with Crippen LogP contribution in [0.15, 0.2) is 0 Å². The second-order valence-corrected chi connectivity index (χ2v) is 2.91. The first-order valence-electron chi connectivity index (χ1n) is 2.72. The van der Waals surface area contributed by atoms with E-state index in [-0.39, 0.29) is 11.7 Å². The summed E-state index contributed by atoms with van der Waals surface area (Å²) in [7, 11) is 0. The van der Waals surface area contributed by atoms with Crippen molar-refractivity contribution in [3.63, 3.8) is 0 Å². The second kappa shape index (κ2) is 3.35. The minimum atomic E-state index is -1.21. The number of hydrogen-bond acceptors (Lipinski definition) is 2. The van der Waals surface area contributed by atoms with Crippen molar-refractivity contribution in [3.05, 3.63) is 0 Å². The molecule has 0 N–H and O–H groups in total. The lowest BCUT2D eigenvalue weighted by Gasteiger charge is -2.17. The number of Topliss-reactive ketones (excluding diaryl/α,β-unsaturated/α-hetero) is 1. The van der Waals surface area contributed by atoms with Crippen molar-refractivity contribution in [3.8, 4) is 0 Å². The Hall–Kier alpha value is -0.0800. The Kier molecular flexibility index (Phi) is 3.33. The summed E-state index contributed by atoms with van der Waals surface area (Å²) < 4.78 is 0. The van der Waals surface area contributed by atoms with Gasteiger partial charge in [0.15, 0.2) is 0 Å². The molecule has 0 saturated heterocycles. The summed E-state index contributed by atoms with van der Waals surface area (Å²) in [5.74, 6) is -0.368. The Bertz CT molecular complexity index is 151. The molecule has 0 aromatic rings. The molecule has 0 aromatic carbocycles. The Labute approximate surface area is 69.5 Å². The first kappa shape index (κ1) is 9.92. The summed E-state index contributed by atoms with van der Waals surface area (Å²) in [6.45, 7) is 2.72. The predicted molar refractivity (Wildman–Crippen MR) is 40.4 cm³/mol. The van der Waals surface area contributed by atoms with Crippen LogP contribution in [0.4, 0.5) is 0 Å². The molecule has 0 saturated carbocycles. The smallest absolute Gasteiger partial charge is 0.236 e. The van der Waals surface area contributed by atoms with Gasteiger partial charge in [0.1, 0.15) is 11.2 Å². The molecule has 0 aliphatic carbocycles. The molecule has 0 rings (SSSR count). The zero-order chi connectivity index (χ0) is 8.36. The lowest BCUT2D eigenvalue weighted by molar-refractivity contribution is -0.132. The molecule has 0 fully saturated rings. The van der Waals surface area contributed by atoms with E-state index in [0.717, 1.165) is 0 Å². The van der Waals surface area contributed by atoms with Crippen LogP contribution in [0.1, 0.15) is 13.8 Å². The number of alkyl halides is 1. The van der Waals surface area contributed by atoms with E-state index in [4.69, 9.17) is 23.2 Å². The number of halogens is 2. The van der Waals surface area contributed by atoms with Crippen molar-refractivity contribution in [2.24, 2.45) is 5.41 Å². The molecule has 1 unspecified atom stereocenters. The number of carbonyl (C=O) groups excluding carboxylic acids is 2. The third-order valence-corrected chi connectivity index (χ3v) is 2.43. The average Bonchev–Trinajstić information content (AvgIpc) is 1.85. The van der Waals surface area contributed by atoms with Crippen molar-refractivity contribution >= 4 is 34.2 Å². The Balaban J connectivity index is 4.55. The summed E-state index contributed by atoms with van der Waals surface area (Å²) >= 11 is 10.5. The van der Waals surface area contributed by atoms with Gasteiger partial charge in [-0.3, -0.25) is 9.59 Å². The normalized spacial score (nSPS) is 16.0. The van der Waals surface area contributed by atoms with Gasteiger partial charge in [-0.15, -0.1) is 11.6 Å². The summed E-state index contributed by atoms with van der Waals surface area (Å²) in [5.41, 5.74) is -1.21. The van der Waals surface area contributed by atoms with Crippen LogP contribution in [0, 0.1) is 5.41 Å². The lowest BCUT2D eigenvalue weighted by Crippen LogP contribution is -2.33. The molecule has 2 nitrogen and oxygen atoms in total. The maximum Gasteiger partial charge on any atom is 0.236 e. The molecular formula is C6H8Cl2O2. The fourth-order valence-electron chi connectivity index (χ4n) is 0.285. The topological polar surface area (TPSA) is 34.1 Å². The Morgan fingerprint density at radius 2 is 1.90 bits per heavy atom. The maximum atomic E-state index is 10.7. The first-order chi connectivity index (χ1) is 4.45. The van der Waals surface area contributed by atoms with Gasteiger partial charge in [-0.1, -0.05) is 0 Å². The molecule has 0 aromatic heterocycles. The molecule has 0 aliphatic rings. The van der Waals surface area contributed by atoms with Gasteiger partial charge in [0, 0.05) is 5.88 Å². The zero-order valence-electron chi connectivity index (χ0n) is 5.78. The molecular weight excluding hydrogens is 175 g/mol. The van der Waals surface area contributed by atoms with Crippen LogP contribution in [0.5, 0.6) is 0 Å². The maximum absolute atomic E-state index is 10.7. The monoisotopic (exact) mass is 182 g/mol. The number of ketones is 1. The van der Waals surface area contributed by atoms with Crippen molar-refractivity contribution in [2.45, 2.75) is 13.8 Å². The van der Waals surface area contributed by atoms with E-state index in [1.54, 1.807) is 0 Å². The molecule has 10 heavy (non-hydrogen) atoms. The zero-order valence-corrected chi connectivity index (χ0v) is 7.29. The van der Waals surface area contributed by atoms with E-state index in [1.807, 2.05) is 0 Å². The Morgan fingerprint density at radius 1 is 1.50 bits per heavy atom. The highest BCUT2D eigenvalue weighted by molar-refractivity contribution is 6.67. The molecule has 0 amide bonds. The van der Waals surface area contributed by atoms with Crippen molar-refractivity contribution < 1.29 is 9.59 Å². The lowest BCUT2D eigenvalue weighted by atomic mass is 9.91. The van der Waals surface area contributed by atoms with Gasteiger partial charge in [-0.25, -0.2) is 0 Å². The van der Waals surface area contributed by atoms with Gasteiger partial charge < -0.3 is 0 Å². The van der Waals surface area contributed by atoms with Gasteiger partial charge >= 0.3 is 0 Å². The van der Waals surface area contributed by atoms with E-state index in [2.05, 4.69) is 0 Å². The molecule has 0 heterocycles. The summed E-state index contributed by atoms with van der Waals surface area (Å²) in [4.78, 5) is 21.3. The molecule has 0 spiro atoms. The minimum Gasteiger partial charge on any atom is -0.299 e. The highest BCUT2D eigenvalue weighted by atomic mass is 35.5. The third-order valence-electron chi connectivity index (χ3n) is 1.48. The van der Waals surface area contributed by atoms with Gasteiger partial charge in [-0.2, -0.15) is 0 Å². The molecule has 0 bridgehead atoms. The van der Waals surface area contributed by atoms with Gasteiger partial charge in [0.05, 0.1) is 0 Å². The molecule has 58 valence electrons. The highest BCUT2D eigenvalue weighted by Gasteiger charge is 2.35.